The Bertz CT molecular complexity index is 1210. The highest BCUT2D eigenvalue weighted by atomic mass is 32.2. The summed E-state index contributed by atoms with van der Waals surface area (Å²) >= 11 is 5.15. The number of rotatable bonds is 7. The number of nitrogens with one attached hydrogen (secondary N) is 3. The fraction of sp³-hybridized carbons (Fsp3) is 0.0833. The standard InChI is InChI=1S/C24H23N3O3S2/c1-18-7-9-19(10-8-18)11-16-23(28)27-24(31)26-21-12-14-22(15-13-21)32(29,30)25-17-20-5-3-2-4-6-20/h2-16,25H,17H2,1H3,(H2,26,27,28,31). The number of thiocarbonyl (C=S) groups is 1. The van der Waals surface area contributed by atoms with Crippen molar-refractivity contribution in [1.29, 1.82) is 0 Å². The van der Waals surface area contributed by atoms with Gasteiger partial charge in [-0.25, -0.2) is 13.1 Å². The Morgan fingerprint density at radius 3 is 2.25 bits per heavy atom. The van der Waals surface area contributed by atoms with E-state index < -0.39 is 10.0 Å². The molecule has 32 heavy (non-hydrogen) atoms. The molecule has 3 rings (SSSR count). The van der Waals surface area contributed by atoms with Gasteiger partial charge in [-0.2, -0.15) is 0 Å². The van der Waals surface area contributed by atoms with Gasteiger partial charge in [-0.15, -0.1) is 0 Å². The van der Waals surface area contributed by atoms with Crippen LogP contribution in [0.25, 0.3) is 6.08 Å². The van der Waals surface area contributed by atoms with Crippen LogP contribution < -0.4 is 15.4 Å². The van der Waals surface area contributed by atoms with Gasteiger partial charge in [0.1, 0.15) is 0 Å². The lowest BCUT2D eigenvalue weighted by Gasteiger charge is -2.10. The van der Waals surface area contributed by atoms with Gasteiger partial charge < -0.3 is 5.32 Å². The van der Waals surface area contributed by atoms with Gasteiger partial charge in [0.15, 0.2) is 5.11 Å². The van der Waals surface area contributed by atoms with E-state index in [0.717, 1.165) is 16.7 Å². The highest BCUT2D eigenvalue weighted by Crippen LogP contribution is 2.14. The van der Waals surface area contributed by atoms with Crippen LogP contribution >= 0.6 is 12.2 Å². The van der Waals surface area contributed by atoms with Crippen LogP contribution in [-0.4, -0.2) is 19.4 Å². The molecule has 0 aliphatic heterocycles. The molecule has 0 spiro atoms. The molecule has 0 aliphatic carbocycles. The number of anilines is 1. The molecular weight excluding hydrogens is 442 g/mol. The number of hydrogen-bond acceptors (Lipinski definition) is 4. The second kappa shape index (κ2) is 10.8. The first-order chi connectivity index (χ1) is 15.3. The molecule has 0 radical (unpaired) electrons. The summed E-state index contributed by atoms with van der Waals surface area (Å²) in [5.74, 6) is -0.368. The average molecular weight is 466 g/mol. The normalized spacial score (nSPS) is 11.3. The highest BCUT2D eigenvalue weighted by molar-refractivity contribution is 7.89. The van der Waals surface area contributed by atoms with Crippen molar-refractivity contribution in [3.8, 4) is 0 Å². The maximum absolute atomic E-state index is 12.5. The van der Waals surface area contributed by atoms with Crippen LogP contribution in [0.1, 0.15) is 16.7 Å². The Morgan fingerprint density at radius 1 is 0.938 bits per heavy atom. The predicted molar refractivity (Wildman–Crippen MR) is 131 cm³/mol. The van der Waals surface area contributed by atoms with Crippen molar-refractivity contribution in [3.05, 3.63) is 102 Å². The van der Waals surface area contributed by atoms with Crippen molar-refractivity contribution in [2.75, 3.05) is 5.32 Å². The third kappa shape index (κ3) is 7.12. The molecule has 3 aromatic carbocycles. The van der Waals surface area contributed by atoms with Crippen LogP contribution in [0.15, 0.2) is 89.8 Å². The van der Waals surface area contributed by atoms with Gasteiger partial charge in [0.25, 0.3) is 0 Å². The molecule has 0 saturated heterocycles. The van der Waals surface area contributed by atoms with Crippen LogP contribution in [0, 0.1) is 6.92 Å². The number of hydrogen-bond donors (Lipinski definition) is 3. The number of aryl methyl sites for hydroxylation is 1. The van der Waals surface area contributed by atoms with Crippen LogP contribution in [0.2, 0.25) is 0 Å². The van der Waals surface area contributed by atoms with Crippen molar-refractivity contribution < 1.29 is 13.2 Å². The SMILES string of the molecule is Cc1ccc(C=CC(=O)NC(=S)Nc2ccc(S(=O)(=O)NCc3ccccc3)cc2)cc1. The summed E-state index contributed by atoms with van der Waals surface area (Å²) in [6, 6.07) is 23.1. The summed E-state index contributed by atoms with van der Waals surface area (Å²) in [5.41, 5.74) is 3.47. The molecule has 1 amide bonds. The molecule has 0 heterocycles. The molecule has 8 heteroatoms. The van der Waals surface area contributed by atoms with E-state index >= 15 is 0 Å². The van der Waals surface area contributed by atoms with E-state index in [4.69, 9.17) is 12.2 Å². The molecule has 6 nitrogen and oxygen atoms in total. The van der Waals surface area contributed by atoms with E-state index in [0.29, 0.717) is 5.69 Å². The largest absolute Gasteiger partial charge is 0.332 e. The van der Waals surface area contributed by atoms with Crippen molar-refractivity contribution >= 4 is 45.0 Å². The number of sulfonamides is 1. The van der Waals surface area contributed by atoms with Gasteiger partial charge in [0.2, 0.25) is 15.9 Å². The molecule has 0 bridgehead atoms. The predicted octanol–water partition coefficient (Wildman–Crippen LogP) is 4.00. The van der Waals surface area contributed by atoms with Crippen molar-refractivity contribution in [2.45, 2.75) is 18.4 Å². The zero-order chi connectivity index (χ0) is 23.0. The monoisotopic (exact) mass is 465 g/mol. The van der Waals surface area contributed by atoms with Crippen LogP contribution in [0.4, 0.5) is 5.69 Å². The first kappa shape index (κ1) is 23.3. The summed E-state index contributed by atoms with van der Waals surface area (Å²) < 4.78 is 27.5. The van der Waals surface area contributed by atoms with E-state index in [-0.39, 0.29) is 22.5 Å². The Kier molecular flexibility index (Phi) is 7.88. The molecule has 0 atom stereocenters. The fourth-order valence-corrected chi connectivity index (χ4v) is 3.98. The minimum atomic E-state index is -3.65. The number of benzene rings is 3. The van der Waals surface area contributed by atoms with E-state index in [1.54, 1.807) is 18.2 Å². The van der Waals surface area contributed by atoms with Crippen LogP contribution in [-0.2, 0) is 21.4 Å². The van der Waals surface area contributed by atoms with Gasteiger partial charge >= 0.3 is 0 Å². The summed E-state index contributed by atoms with van der Waals surface area (Å²) in [4.78, 5) is 12.2. The summed E-state index contributed by atoms with van der Waals surface area (Å²) in [7, 11) is -3.65. The molecule has 3 aromatic rings. The second-order valence-corrected chi connectivity index (χ2v) is 9.20. The van der Waals surface area contributed by atoms with E-state index in [1.165, 1.54) is 18.2 Å². The summed E-state index contributed by atoms with van der Waals surface area (Å²) in [6.07, 6.45) is 3.09. The zero-order valence-electron chi connectivity index (χ0n) is 17.4. The van der Waals surface area contributed by atoms with Crippen molar-refractivity contribution in [3.63, 3.8) is 0 Å². The number of carbonyl (C=O) groups is 1. The Balaban J connectivity index is 1.52. The van der Waals surface area contributed by atoms with E-state index in [2.05, 4.69) is 15.4 Å². The van der Waals surface area contributed by atoms with E-state index in [1.807, 2.05) is 61.5 Å². The lowest BCUT2D eigenvalue weighted by Crippen LogP contribution is -2.32. The Labute approximate surface area is 193 Å². The third-order valence-electron chi connectivity index (χ3n) is 4.47. The lowest BCUT2D eigenvalue weighted by molar-refractivity contribution is -0.115. The number of carbonyl (C=O) groups excluding carboxylic acids is 1. The summed E-state index contributed by atoms with van der Waals surface area (Å²) in [5, 5.41) is 5.54. The highest BCUT2D eigenvalue weighted by Gasteiger charge is 2.13. The van der Waals surface area contributed by atoms with Gasteiger partial charge in [-0.1, -0.05) is 60.2 Å². The molecule has 164 valence electrons. The van der Waals surface area contributed by atoms with Crippen LogP contribution in [0.5, 0.6) is 0 Å². The first-order valence-electron chi connectivity index (χ1n) is 9.82. The maximum Gasteiger partial charge on any atom is 0.250 e. The molecule has 0 unspecified atom stereocenters. The number of amides is 1. The minimum absolute atomic E-state index is 0.112. The quantitative estimate of drug-likeness (QED) is 0.363. The van der Waals surface area contributed by atoms with Gasteiger partial charge in [0.05, 0.1) is 4.90 Å². The molecule has 3 N–H and O–H groups in total. The molecule has 0 saturated carbocycles. The second-order valence-electron chi connectivity index (χ2n) is 7.02. The molecular formula is C24H23N3O3S2. The topological polar surface area (TPSA) is 87.3 Å². The summed E-state index contributed by atoms with van der Waals surface area (Å²) in [6.45, 7) is 2.20. The lowest BCUT2D eigenvalue weighted by atomic mass is 10.1. The maximum atomic E-state index is 12.5. The fourth-order valence-electron chi connectivity index (χ4n) is 2.74. The zero-order valence-corrected chi connectivity index (χ0v) is 19.0. The molecule has 0 fully saturated rings. The first-order valence-corrected chi connectivity index (χ1v) is 11.7. The molecule has 0 aliphatic rings. The van der Waals surface area contributed by atoms with Crippen molar-refractivity contribution in [2.24, 2.45) is 0 Å². The van der Waals surface area contributed by atoms with E-state index in [9.17, 15) is 13.2 Å². The van der Waals surface area contributed by atoms with Gasteiger partial charge in [0, 0.05) is 18.3 Å². The smallest absolute Gasteiger partial charge is 0.250 e. The third-order valence-corrected chi connectivity index (χ3v) is 6.09. The average Bonchev–Trinajstić information content (AvgIpc) is 2.78. The van der Waals surface area contributed by atoms with Gasteiger partial charge in [-0.05, 0) is 60.6 Å². The Hall–Kier alpha value is -3.33. The minimum Gasteiger partial charge on any atom is -0.332 e. The van der Waals surface area contributed by atoms with Crippen LogP contribution in [0.3, 0.4) is 0 Å². The van der Waals surface area contributed by atoms with Crippen molar-refractivity contribution in [1.82, 2.24) is 10.0 Å². The van der Waals surface area contributed by atoms with Gasteiger partial charge in [-0.3, -0.25) is 10.1 Å². The molecule has 0 aromatic heterocycles. The Morgan fingerprint density at radius 2 is 1.59 bits per heavy atom.